The van der Waals surface area contributed by atoms with Crippen molar-refractivity contribution in [2.75, 3.05) is 26.3 Å². The summed E-state index contributed by atoms with van der Waals surface area (Å²) in [5.74, 6) is 0.442. The molecule has 0 aromatic carbocycles. The number of sulfonamides is 1. The Hall–Kier alpha value is -1.16. The van der Waals surface area contributed by atoms with Crippen LogP contribution < -0.4 is 11.1 Å². The molecule has 0 amide bonds. The second kappa shape index (κ2) is 8.48. The summed E-state index contributed by atoms with van der Waals surface area (Å²) < 4.78 is 32.3. The van der Waals surface area contributed by atoms with Crippen molar-refractivity contribution in [2.24, 2.45) is 10.7 Å². The number of guanidine groups is 1. The fourth-order valence-corrected chi connectivity index (χ4v) is 6.00. The zero-order valence-corrected chi connectivity index (χ0v) is 15.9. The molecule has 7 nitrogen and oxygen atoms in total. The Bertz CT molecular complexity index is 690. The molecule has 3 rings (SSSR count). The molecule has 0 radical (unpaired) electrons. The third-order valence-corrected chi connectivity index (χ3v) is 8.00. The number of hydrogen-bond acceptors (Lipinski definition) is 5. The summed E-state index contributed by atoms with van der Waals surface area (Å²) >= 11 is 1.26. The Morgan fingerprint density at radius 3 is 2.72 bits per heavy atom. The van der Waals surface area contributed by atoms with Crippen LogP contribution in [0.4, 0.5) is 0 Å². The van der Waals surface area contributed by atoms with Gasteiger partial charge in [0.25, 0.3) is 10.0 Å². The number of nitrogens with one attached hydrogen (secondary N) is 1. The molecule has 25 heavy (non-hydrogen) atoms. The van der Waals surface area contributed by atoms with Crippen molar-refractivity contribution < 1.29 is 13.2 Å². The molecule has 0 atom stereocenters. The zero-order chi connectivity index (χ0) is 17.7. The number of morpholine rings is 1. The topological polar surface area (TPSA) is 97.0 Å². The standard InChI is InChI=1S/C16H26N4O3S2/c17-16(19-13-4-2-1-3-5-13)18-12-14-6-7-15(24-14)25(21,22)20-8-10-23-11-9-20/h6-7,13H,1-5,8-12H2,(H3,17,18,19). The average molecular weight is 387 g/mol. The van der Waals surface area contributed by atoms with Crippen molar-refractivity contribution >= 4 is 27.3 Å². The molecule has 0 unspecified atom stereocenters. The maximum atomic E-state index is 12.6. The molecule has 1 aromatic heterocycles. The van der Waals surface area contributed by atoms with E-state index in [0.717, 1.165) is 17.7 Å². The first-order valence-corrected chi connectivity index (χ1v) is 11.0. The molecule has 1 aliphatic carbocycles. The van der Waals surface area contributed by atoms with E-state index in [1.807, 2.05) is 6.07 Å². The minimum atomic E-state index is -3.43. The van der Waals surface area contributed by atoms with Crippen LogP contribution in [0, 0.1) is 0 Å². The average Bonchev–Trinajstić information content (AvgIpc) is 3.11. The van der Waals surface area contributed by atoms with Crippen molar-refractivity contribution in [1.29, 1.82) is 0 Å². The van der Waals surface area contributed by atoms with Crippen LogP contribution in [0.1, 0.15) is 37.0 Å². The molecule has 0 bridgehead atoms. The Morgan fingerprint density at radius 1 is 1.28 bits per heavy atom. The summed E-state index contributed by atoms with van der Waals surface area (Å²) in [6.07, 6.45) is 6.04. The van der Waals surface area contributed by atoms with E-state index >= 15 is 0 Å². The van der Waals surface area contributed by atoms with E-state index in [2.05, 4.69) is 10.3 Å². The SMILES string of the molecule is NC(=NCc1ccc(S(=O)(=O)N2CCOCC2)s1)NC1CCCCC1. The first kappa shape index (κ1) is 18.6. The van der Waals surface area contributed by atoms with E-state index in [1.54, 1.807) is 6.07 Å². The smallest absolute Gasteiger partial charge is 0.252 e. The minimum Gasteiger partial charge on any atom is -0.379 e. The molecule has 2 fully saturated rings. The first-order valence-electron chi connectivity index (χ1n) is 8.79. The van der Waals surface area contributed by atoms with Crippen LogP contribution in [-0.2, 0) is 21.3 Å². The van der Waals surface area contributed by atoms with Gasteiger partial charge in [-0.2, -0.15) is 4.31 Å². The molecule has 1 saturated carbocycles. The normalized spacial score (nSPS) is 21.4. The van der Waals surface area contributed by atoms with Gasteiger partial charge in [-0.25, -0.2) is 13.4 Å². The maximum absolute atomic E-state index is 12.6. The highest BCUT2D eigenvalue weighted by atomic mass is 32.2. The second-order valence-electron chi connectivity index (χ2n) is 6.42. The van der Waals surface area contributed by atoms with E-state index in [9.17, 15) is 8.42 Å². The highest BCUT2D eigenvalue weighted by molar-refractivity contribution is 7.91. The molecule has 2 aliphatic rings. The first-order chi connectivity index (χ1) is 12.1. The monoisotopic (exact) mass is 386 g/mol. The van der Waals surface area contributed by atoms with E-state index in [1.165, 1.54) is 34.9 Å². The predicted molar refractivity (Wildman–Crippen MR) is 99.2 cm³/mol. The number of nitrogens with two attached hydrogens (primary N) is 1. The van der Waals surface area contributed by atoms with E-state index < -0.39 is 10.0 Å². The molecule has 1 aliphatic heterocycles. The Labute approximate surface area is 153 Å². The lowest BCUT2D eigenvalue weighted by molar-refractivity contribution is 0.0731. The van der Waals surface area contributed by atoms with Gasteiger partial charge in [-0.1, -0.05) is 19.3 Å². The fourth-order valence-electron chi connectivity index (χ4n) is 3.16. The van der Waals surface area contributed by atoms with Crippen molar-refractivity contribution in [3.8, 4) is 0 Å². The van der Waals surface area contributed by atoms with Gasteiger partial charge in [0.1, 0.15) is 4.21 Å². The Kier molecular flexibility index (Phi) is 6.32. The molecule has 1 aromatic rings. The number of ether oxygens (including phenoxy) is 1. The van der Waals surface area contributed by atoms with Gasteiger partial charge in [0.15, 0.2) is 5.96 Å². The van der Waals surface area contributed by atoms with Crippen molar-refractivity contribution in [3.63, 3.8) is 0 Å². The maximum Gasteiger partial charge on any atom is 0.252 e. The van der Waals surface area contributed by atoms with Gasteiger partial charge in [0.2, 0.25) is 0 Å². The summed E-state index contributed by atoms with van der Waals surface area (Å²) in [6.45, 7) is 2.11. The molecule has 0 spiro atoms. The summed E-state index contributed by atoms with van der Waals surface area (Å²) in [5.41, 5.74) is 5.97. The van der Waals surface area contributed by atoms with Crippen LogP contribution in [0.3, 0.4) is 0 Å². The van der Waals surface area contributed by atoms with Gasteiger partial charge < -0.3 is 15.8 Å². The third kappa shape index (κ3) is 4.93. The van der Waals surface area contributed by atoms with Crippen LogP contribution in [0.15, 0.2) is 21.3 Å². The summed E-state index contributed by atoms with van der Waals surface area (Å²) in [5, 5.41) is 3.27. The van der Waals surface area contributed by atoms with Gasteiger partial charge >= 0.3 is 0 Å². The van der Waals surface area contributed by atoms with Crippen LogP contribution >= 0.6 is 11.3 Å². The van der Waals surface area contributed by atoms with Gasteiger partial charge in [-0.05, 0) is 25.0 Å². The minimum absolute atomic E-state index is 0.360. The number of hydrogen-bond donors (Lipinski definition) is 2. The molecule has 9 heteroatoms. The van der Waals surface area contributed by atoms with Crippen LogP contribution in [-0.4, -0.2) is 51.0 Å². The molecule has 3 N–H and O–H groups in total. The van der Waals surface area contributed by atoms with Crippen molar-refractivity contribution in [1.82, 2.24) is 9.62 Å². The third-order valence-electron chi connectivity index (χ3n) is 4.56. The second-order valence-corrected chi connectivity index (χ2v) is 9.75. The predicted octanol–water partition coefficient (Wildman–Crippen LogP) is 1.51. The summed E-state index contributed by atoms with van der Waals surface area (Å²) in [7, 11) is -3.43. The van der Waals surface area contributed by atoms with E-state index in [-0.39, 0.29) is 0 Å². The van der Waals surface area contributed by atoms with Crippen molar-refractivity contribution in [3.05, 3.63) is 17.0 Å². The molecular weight excluding hydrogens is 360 g/mol. The number of thiophene rings is 1. The highest BCUT2D eigenvalue weighted by Crippen LogP contribution is 2.26. The lowest BCUT2D eigenvalue weighted by atomic mass is 9.96. The number of nitrogens with zero attached hydrogens (tertiary/aromatic N) is 2. The van der Waals surface area contributed by atoms with E-state index in [0.29, 0.717) is 49.1 Å². The van der Waals surface area contributed by atoms with Crippen molar-refractivity contribution in [2.45, 2.75) is 48.9 Å². The van der Waals surface area contributed by atoms with Crippen LogP contribution in [0.2, 0.25) is 0 Å². The van der Waals surface area contributed by atoms with Gasteiger partial charge in [-0.3, -0.25) is 0 Å². The lowest BCUT2D eigenvalue weighted by Gasteiger charge is -2.25. The van der Waals surface area contributed by atoms with Gasteiger partial charge in [0.05, 0.1) is 19.8 Å². The van der Waals surface area contributed by atoms with Gasteiger partial charge in [0, 0.05) is 24.0 Å². The largest absolute Gasteiger partial charge is 0.379 e. The Morgan fingerprint density at radius 2 is 2.00 bits per heavy atom. The number of rotatable bonds is 5. The molecule has 1 saturated heterocycles. The van der Waals surface area contributed by atoms with Crippen LogP contribution in [0.5, 0.6) is 0 Å². The quantitative estimate of drug-likeness (QED) is 0.590. The zero-order valence-electron chi connectivity index (χ0n) is 14.3. The number of aliphatic imine (C=N–C) groups is 1. The summed E-state index contributed by atoms with van der Waals surface area (Å²) in [4.78, 5) is 5.25. The Balaban J connectivity index is 1.58. The summed E-state index contributed by atoms with van der Waals surface area (Å²) in [6, 6.07) is 3.89. The van der Waals surface area contributed by atoms with Gasteiger partial charge in [-0.15, -0.1) is 11.3 Å². The van der Waals surface area contributed by atoms with Crippen LogP contribution in [0.25, 0.3) is 0 Å². The highest BCUT2D eigenvalue weighted by Gasteiger charge is 2.27. The lowest BCUT2D eigenvalue weighted by Crippen LogP contribution is -2.41. The fraction of sp³-hybridized carbons (Fsp3) is 0.688. The van der Waals surface area contributed by atoms with E-state index in [4.69, 9.17) is 10.5 Å². The molecular formula is C16H26N4O3S2. The molecule has 140 valence electrons. The molecule has 2 heterocycles.